The number of hydrogen-bond donors (Lipinski definition) is 1. The first-order valence-electron chi connectivity index (χ1n) is 10.5. The van der Waals surface area contributed by atoms with E-state index < -0.39 is 10.8 Å². The van der Waals surface area contributed by atoms with Crippen LogP contribution in [0.15, 0.2) is 81.6 Å². The average molecular weight is 453 g/mol. The number of benzene rings is 3. The number of aromatic nitrogens is 1. The van der Waals surface area contributed by atoms with Crippen molar-refractivity contribution in [2.75, 3.05) is 5.32 Å². The van der Waals surface area contributed by atoms with Gasteiger partial charge >= 0.3 is 0 Å². The van der Waals surface area contributed by atoms with Crippen molar-refractivity contribution in [3.05, 3.63) is 99.8 Å². The van der Waals surface area contributed by atoms with Gasteiger partial charge < -0.3 is 14.2 Å². The first kappa shape index (κ1) is 21.1. The van der Waals surface area contributed by atoms with E-state index in [2.05, 4.69) is 10.3 Å². The predicted molar refractivity (Wildman–Crippen MR) is 128 cm³/mol. The summed E-state index contributed by atoms with van der Waals surface area (Å²) in [7, 11) is 0. The van der Waals surface area contributed by atoms with Gasteiger partial charge in [-0.25, -0.2) is 4.98 Å². The monoisotopic (exact) mass is 453 g/mol. The zero-order chi connectivity index (χ0) is 23.8. The van der Waals surface area contributed by atoms with Crippen molar-refractivity contribution in [1.29, 1.82) is 0 Å². The normalized spacial score (nSPS) is 11.0. The van der Waals surface area contributed by atoms with Crippen LogP contribution in [0.1, 0.15) is 21.7 Å². The van der Waals surface area contributed by atoms with Crippen LogP contribution in [-0.2, 0) is 0 Å². The quantitative estimate of drug-likeness (QED) is 0.239. The van der Waals surface area contributed by atoms with Crippen LogP contribution in [0.3, 0.4) is 0 Å². The van der Waals surface area contributed by atoms with Crippen molar-refractivity contribution in [2.45, 2.75) is 13.8 Å². The number of fused-ring (bicyclic) bond motifs is 1. The summed E-state index contributed by atoms with van der Waals surface area (Å²) in [5.74, 6) is 0.319. The number of carbonyl (C=O) groups excluding carboxylic acids is 1. The molecule has 0 unspecified atom stereocenters. The minimum absolute atomic E-state index is 0.0434. The lowest BCUT2D eigenvalue weighted by molar-refractivity contribution is -0.384. The highest BCUT2D eigenvalue weighted by molar-refractivity contribution is 6.02. The fourth-order valence-electron chi connectivity index (χ4n) is 3.64. The molecule has 0 atom stereocenters. The molecule has 1 amide bonds. The van der Waals surface area contributed by atoms with E-state index in [9.17, 15) is 14.9 Å². The molecule has 3 aromatic carbocycles. The number of rotatable bonds is 5. The summed E-state index contributed by atoms with van der Waals surface area (Å²) >= 11 is 0. The Balaban J connectivity index is 1.33. The number of furan rings is 1. The maximum absolute atomic E-state index is 12.6. The zero-order valence-electron chi connectivity index (χ0n) is 18.4. The van der Waals surface area contributed by atoms with Gasteiger partial charge in [-0.2, -0.15) is 0 Å². The molecule has 8 heteroatoms. The van der Waals surface area contributed by atoms with E-state index >= 15 is 0 Å². The van der Waals surface area contributed by atoms with Gasteiger partial charge in [0.05, 0.1) is 10.5 Å². The Kier molecular flexibility index (Phi) is 5.18. The molecule has 0 fully saturated rings. The minimum atomic E-state index is -0.488. The number of amides is 1. The number of nitro groups is 1. The van der Waals surface area contributed by atoms with Crippen LogP contribution < -0.4 is 5.32 Å². The van der Waals surface area contributed by atoms with Gasteiger partial charge in [0.1, 0.15) is 11.3 Å². The summed E-state index contributed by atoms with van der Waals surface area (Å²) < 4.78 is 11.5. The molecule has 0 aliphatic rings. The molecule has 8 nitrogen and oxygen atoms in total. The lowest BCUT2D eigenvalue weighted by Crippen LogP contribution is -2.10. The van der Waals surface area contributed by atoms with Crippen molar-refractivity contribution in [2.24, 2.45) is 0 Å². The summed E-state index contributed by atoms with van der Waals surface area (Å²) in [5, 5.41) is 14.0. The third kappa shape index (κ3) is 3.93. The molecule has 5 rings (SSSR count). The van der Waals surface area contributed by atoms with E-state index in [4.69, 9.17) is 8.83 Å². The van der Waals surface area contributed by atoms with Gasteiger partial charge in [-0.05, 0) is 79.6 Å². The number of nitrogens with one attached hydrogen (secondary N) is 1. The van der Waals surface area contributed by atoms with Crippen molar-refractivity contribution >= 4 is 28.4 Å². The van der Waals surface area contributed by atoms with Crippen LogP contribution in [0.25, 0.3) is 33.9 Å². The summed E-state index contributed by atoms with van der Waals surface area (Å²) in [6, 6.07) is 20.3. The Bertz CT molecular complexity index is 1510. The maximum Gasteiger partial charge on any atom is 0.291 e. The van der Waals surface area contributed by atoms with Crippen molar-refractivity contribution in [1.82, 2.24) is 4.98 Å². The van der Waals surface area contributed by atoms with Crippen LogP contribution in [0.4, 0.5) is 11.4 Å². The maximum atomic E-state index is 12.6. The number of nitrogens with zero attached hydrogens (tertiary/aromatic N) is 2. The summed E-state index contributed by atoms with van der Waals surface area (Å²) in [5.41, 5.74) is 5.35. The lowest BCUT2D eigenvalue weighted by Gasteiger charge is -2.04. The average Bonchev–Trinajstić information content (AvgIpc) is 3.47. The third-order valence-electron chi connectivity index (χ3n) is 5.59. The van der Waals surface area contributed by atoms with Crippen LogP contribution >= 0.6 is 0 Å². The van der Waals surface area contributed by atoms with E-state index in [0.717, 1.165) is 27.8 Å². The molecule has 1 N–H and O–H groups in total. The molecule has 0 radical (unpaired) electrons. The molecule has 34 heavy (non-hydrogen) atoms. The lowest BCUT2D eigenvalue weighted by atomic mass is 10.1. The van der Waals surface area contributed by atoms with Gasteiger partial charge in [0, 0.05) is 17.3 Å². The second kappa shape index (κ2) is 8.32. The molecular formula is C26H19N3O5. The first-order chi connectivity index (χ1) is 16.4. The number of oxazole rings is 1. The number of aryl methyl sites for hydroxylation is 2. The smallest absolute Gasteiger partial charge is 0.291 e. The SMILES string of the molecule is Cc1cc2nc(-c3ccc(NC(=O)c4ccc(-c5ccccc5[N+](=O)[O-])o4)cc3)oc2cc1C. The molecule has 5 aromatic rings. The number of hydrogen-bond acceptors (Lipinski definition) is 6. The Morgan fingerprint density at radius 2 is 1.68 bits per heavy atom. The van der Waals surface area contributed by atoms with Gasteiger partial charge in [0.2, 0.25) is 5.89 Å². The summed E-state index contributed by atoms with van der Waals surface area (Å²) in [6.07, 6.45) is 0. The Morgan fingerprint density at radius 3 is 2.44 bits per heavy atom. The van der Waals surface area contributed by atoms with Gasteiger partial charge in [-0.3, -0.25) is 14.9 Å². The molecule has 0 bridgehead atoms. The summed E-state index contributed by atoms with van der Waals surface area (Å²) in [6.45, 7) is 4.06. The molecule has 0 spiro atoms. The van der Waals surface area contributed by atoms with E-state index in [-0.39, 0.29) is 17.2 Å². The number of anilines is 1. The van der Waals surface area contributed by atoms with E-state index in [1.807, 2.05) is 26.0 Å². The number of nitro benzene ring substituents is 1. The van der Waals surface area contributed by atoms with Crippen LogP contribution in [0.5, 0.6) is 0 Å². The predicted octanol–water partition coefficient (Wildman–Crippen LogP) is 6.53. The summed E-state index contributed by atoms with van der Waals surface area (Å²) in [4.78, 5) is 28.0. The molecule has 2 aromatic heterocycles. The number of para-hydroxylation sites is 1. The fourth-order valence-corrected chi connectivity index (χ4v) is 3.64. The van der Waals surface area contributed by atoms with Gasteiger partial charge in [0.25, 0.3) is 11.6 Å². The van der Waals surface area contributed by atoms with E-state index in [1.165, 1.54) is 18.2 Å². The minimum Gasteiger partial charge on any atom is -0.451 e. The van der Waals surface area contributed by atoms with Gasteiger partial charge in [0.15, 0.2) is 11.3 Å². The molecule has 0 saturated heterocycles. The van der Waals surface area contributed by atoms with E-state index in [1.54, 1.807) is 42.5 Å². The largest absolute Gasteiger partial charge is 0.451 e. The highest BCUT2D eigenvalue weighted by Gasteiger charge is 2.19. The van der Waals surface area contributed by atoms with Crippen molar-refractivity contribution in [3.8, 4) is 22.8 Å². The Labute approximate surface area is 194 Å². The molecule has 168 valence electrons. The first-order valence-corrected chi connectivity index (χ1v) is 10.5. The van der Waals surface area contributed by atoms with Crippen LogP contribution in [0.2, 0.25) is 0 Å². The van der Waals surface area contributed by atoms with Gasteiger partial charge in [-0.15, -0.1) is 0 Å². The molecule has 0 saturated carbocycles. The standard InChI is InChI=1S/C26H19N3O5/c1-15-13-20-24(14-16(15)2)34-26(28-20)17-7-9-18(10-8-17)27-25(30)23-12-11-22(33-23)19-5-3-4-6-21(19)29(31)32/h3-14H,1-2H3,(H,27,30). The highest BCUT2D eigenvalue weighted by Crippen LogP contribution is 2.31. The Hall–Kier alpha value is -4.72. The topological polar surface area (TPSA) is 111 Å². The highest BCUT2D eigenvalue weighted by atomic mass is 16.6. The molecule has 2 heterocycles. The fraction of sp³-hybridized carbons (Fsp3) is 0.0769. The zero-order valence-corrected chi connectivity index (χ0v) is 18.4. The molecular weight excluding hydrogens is 434 g/mol. The van der Waals surface area contributed by atoms with Gasteiger partial charge in [-0.1, -0.05) is 12.1 Å². The molecule has 0 aliphatic carbocycles. The Morgan fingerprint density at radius 1 is 0.941 bits per heavy atom. The second-order valence-corrected chi connectivity index (χ2v) is 7.89. The van der Waals surface area contributed by atoms with Crippen LogP contribution in [-0.4, -0.2) is 15.8 Å². The van der Waals surface area contributed by atoms with Crippen molar-refractivity contribution < 1.29 is 18.6 Å². The molecule has 0 aliphatic heterocycles. The van der Waals surface area contributed by atoms with Crippen molar-refractivity contribution in [3.63, 3.8) is 0 Å². The third-order valence-corrected chi connectivity index (χ3v) is 5.59. The number of carbonyl (C=O) groups is 1. The van der Waals surface area contributed by atoms with E-state index in [0.29, 0.717) is 17.1 Å². The van der Waals surface area contributed by atoms with Crippen LogP contribution in [0, 0.1) is 24.0 Å². The second-order valence-electron chi connectivity index (χ2n) is 7.89.